The number of piperazine rings is 1. The van der Waals surface area contributed by atoms with Gasteiger partial charge in [0.2, 0.25) is 5.91 Å². The van der Waals surface area contributed by atoms with E-state index in [4.69, 9.17) is 0 Å². The van der Waals surface area contributed by atoms with Crippen LogP contribution in [0.25, 0.3) is 0 Å². The summed E-state index contributed by atoms with van der Waals surface area (Å²) in [5.41, 5.74) is 0.117. The molecule has 1 heterocycles. The molecule has 0 aromatic heterocycles. The number of carbonyl (C=O) groups is 1. The van der Waals surface area contributed by atoms with Crippen molar-refractivity contribution < 1.29 is 18.0 Å². The van der Waals surface area contributed by atoms with E-state index in [1.165, 1.54) is 44.2 Å². The third-order valence-electron chi connectivity index (χ3n) is 7.81. The molecule has 30 heavy (non-hydrogen) atoms. The summed E-state index contributed by atoms with van der Waals surface area (Å²) in [5.74, 6) is 1.75. The molecule has 4 aliphatic carbocycles. The molecule has 1 saturated heterocycles. The van der Waals surface area contributed by atoms with Crippen molar-refractivity contribution in [2.75, 3.05) is 31.1 Å². The van der Waals surface area contributed by atoms with E-state index in [-0.39, 0.29) is 15.6 Å². The van der Waals surface area contributed by atoms with Crippen molar-refractivity contribution in [1.29, 1.82) is 0 Å². The van der Waals surface area contributed by atoms with Crippen LogP contribution in [0.2, 0.25) is 0 Å². The molecule has 5 aliphatic rings. The topological polar surface area (TPSA) is 23.6 Å². The van der Waals surface area contributed by atoms with E-state index in [0.717, 1.165) is 24.3 Å². The van der Waals surface area contributed by atoms with E-state index in [1.54, 1.807) is 6.07 Å². The molecule has 0 N–H and O–H groups in total. The van der Waals surface area contributed by atoms with Crippen molar-refractivity contribution in [3.05, 3.63) is 29.8 Å². The minimum atomic E-state index is -4.33. The number of benzene rings is 1. The normalized spacial score (nSPS) is 35.7. The van der Waals surface area contributed by atoms with Crippen molar-refractivity contribution >= 4 is 27.5 Å². The van der Waals surface area contributed by atoms with Crippen LogP contribution >= 0.6 is 15.9 Å². The molecule has 1 aromatic rings. The van der Waals surface area contributed by atoms with Gasteiger partial charge in [-0.05, 0) is 74.0 Å². The number of halogens is 4. The minimum Gasteiger partial charge on any atom is -0.368 e. The average molecular weight is 485 g/mol. The maximum Gasteiger partial charge on any atom is 0.416 e. The second-order valence-electron chi connectivity index (χ2n) is 10.2. The first kappa shape index (κ1) is 20.7. The second kappa shape index (κ2) is 7.14. The van der Waals surface area contributed by atoms with Crippen molar-refractivity contribution in [2.45, 2.75) is 55.4 Å². The van der Waals surface area contributed by atoms with Crippen LogP contribution in [0, 0.1) is 17.3 Å². The Morgan fingerprint density at radius 3 is 2.33 bits per heavy atom. The molecule has 0 spiro atoms. The quantitative estimate of drug-likeness (QED) is 0.530. The number of amides is 1. The summed E-state index contributed by atoms with van der Waals surface area (Å²) in [4.78, 5) is 17.0. The Kier molecular flexibility index (Phi) is 4.92. The van der Waals surface area contributed by atoms with Crippen LogP contribution in [-0.2, 0) is 11.0 Å². The van der Waals surface area contributed by atoms with Crippen LogP contribution in [0.4, 0.5) is 18.9 Å². The van der Waals surface area contributed by atoms with Crippen LogP contribution < -0.4 is 4.90 Å². The predicted molar refractivity (Wildman–Crippen MR) is 114 cm³/mol. The number of rotatable bonds is 3. The molecule has 4 bridgehead atoms. The van der Waals surface area contributed by atoms with Crippen LogP contribution in [0.15, 0.2) is 24.3 Å². The number of alkyl halides is 4. The summed E-state index contributed by atoms with van der Waals surface area (Å²) in [5, 5.41) is 0. The zero-order valence-electron chi connectivity index (χ0n) is 17.1. The van der Waals surface area contributed by atoms with Gasteiger partial charge in [-0.25, -0.2) is 0 Å². The standard InChI is InChI=1S/C23H28BrF3N2O/c24-22-12-16-8-17(13-22)11-21(10-16,15-22)14-20(30)29-6-4-28(5-7-29)19-3-1-2-18(9-19)23(25,26)27/h1-3,9,16-17H,4-8,10-15H2/t16-,17+,21?,22?. The van der Waals surface area contributed by atoms with Crippen molar-refractivity contribution in [3.63, 3.8) is 0 Å². The highest BCUT2D eigenvalue weighted by atomic mass is 79.9. The van der Waals surface area contributed by atoms with E-state index < -0.39 is 11.7 Å². The van der Waals surface area contributed by atoms with Gasteiger partial charge in [0.05, 0.1) is 5.56 Å². The smallest absolute Gasteiger partial charge is 0.368 e. The molecule has 0 radical (unpaired) electrons. The number of hydrogen-bond acceptors (Lipinski definition) is 2. The van der Waals surface area contributed by atoms with Crippen LogP contribution in [-0.4, -0.2) is 41.3 Å². The van der Waals surface area contributed by atoms with Gasteiger partial charge in [0.25, 0.3) is 0 Å². The maximum atomic E-state index is 13.2. The zero-order chi connectivity index (χ0) is 21.1. The molecule has 4 saturated carbocycles. The van der Waals surface area contributed by atoms with Gasteiger partial charge in [0.1, 0.15) is 0 Å². The lowest BCUT2D eigenvalue weighted by Crippen LogP contribution is -2.55. The largest absolute Gasteiger partial charge is 0.416 e. The molecule has 5 fully saturated rings. The van der Waals surface area contributed by atoms with Gasteiger partial charge in [-0.1, -0.05) is 22.0 Å². The van der Waals surface area contributed by atoms with Crippen molar-refractivity contribution in [1.82, 2.24) is 4.90 Å². The summed E-state index contributed by atoms with van der Waals surface area (Å²) in [7, 11) is 0. The molecule has 1 aromatic carbocycles. The van der Waals surface area contributed by atoms with Gasteiger partial charge in [0.15, 0.2) is 0 Å². The number of carbonyl (C=O) groups excluding carboxylic acids is 1. The zero-order valence-corrected chi connectivity index (χ0v) is 18.6. The Morgan fingerprint density at radius 2 is 1.73 bits per heavy atom. The molecule has 1 aliphatic heterocycles. The van der Waals surface area contributed by atoms with E-state index >= 15 is 0 Å². The third kappa shape index (κ3) is 3.87. The summed E-state index contributed by atoms with van der Waals surface area (Å²) in [6.07, 6.45) is 3.64. The number of anilines is 1. The van der Waals surface area contributed by atoms with Crippen molar-refractivity contribution in [3.8, 4) is 0 Å². The average Bonchev–Trinajstić information content (AvgIpc) is 2.65. The lowest BCUT2D eigenvalue weighted by atomic mass is 9.48. The summed E-state index contributed by atoms with van der Waals surface area (Å²) in [6.45, 7) is 2.32. The van der Waals surface area contributed by atoms with E-state index in [1.807, 2.05) is 9.80 Å². The van der Waals surface area contributed by atoms with E-state index in [2.05, 4.69) is 15.9 Å². The highest BCUT2D eigenvalue weighted by Gasteiger charge is 2.57. The van der Waals surface area contributed by atoms with Crippen LogP contribution in [0.1, 0.15) is 50.5 Å². The van der Waals surface area contributed by atoms with E-state index in [0.29, 0.717) is 38.3 Å². The fourth-order valence-electron chi connectivity index (χ4n) is 7.07. The molecule has 6 rings (SSSR count). The minimum absolute atomic E-state index is 0.156. The Labute approximate surface area is 184 Å². The fraction of sp³-hybridized carbons (Fsp3) is 0.696. The third-order valence-corrected chi connectivity index (χ3v) is 8.74. The molecule has 1 amide bonds. The molecular formula is C23H28BrF3N2O. The lowest BCUT2D eigenvalue weighted by molar-refractivity contribution is -0.139. The highest BCUT2D eigenvalue weighted by Crippen LogP contribution is 2.65. The molecule has 7 heteroatoms. The SMILES string of the molecule is O=C(CC12C[C@@H]3C[C@@H](CC(Br)(C3)C1)C2)N1CCN(c2cccc(C(F)(F)F)c2)CC1. The van der Waals surface area contributed by atoms with E-state index in [9.17, 15) is 18.0 Å². The van der Waals surface area contributed by atoms with Crippen LogP contribution in [0.5, 0.6) is 0 Å². The summed E-state index contributed by atoms with van der Waals surface area (Å²) in [6, 6.07) is 5.49. The number of nitrogens with zero attached hydrogens (tertiary/aromatic N) is 2. The monoisotopic (exact) mass is 484 g/mol. The molecule has 4 atom stereocenters. The maximum absolute atomic E-state index is 13.2. The van der Waals surface area contributed by atoms with Gasteiger partial charge in [-0.2, -0.15) is 13.2 Å². The van der Waals surface area contributed by atoms with Gasteiger partial charge < -0.3 is 9.80 Å². The Morgan fingerprint density at radius 1 is 1.07 bits per heavy atom. The first-order valence-corrected chi connectivity index (χ1v) is 11.8. The first-order valence-electron chi connectivity index (χ1n) is 11.0. The lowest BCUT2D eigenvalue weighted by Gasteiger charge is -2.60. The Hall–Kier alpha value is -1.24. The van der Waals surface area contributed by atoms with Gasteiger partial charge in [-0.15, -0.1) is 0 Å². The molecular weight excluding hydrogens is 457 g/mol. The molecule has 164 valence electrons. The van der Waals surface area contributed by atoms with Gasteiger partial charge >= 0.3 is 6.18 Å². The predicted octanol–water partition coefficient (Wildman–Crippen LogP) is 5.48. The highest BCUT2D eigenvalue weighted by molar-refractivity contribution is 9.10. The van der Waals surface area contributed by atoms with Crippen molar-refractivity contribution in [2.24, 2.45) is 17.3 Å². The van der Waals surface area contributed by atoms with Gasteiger partial charge in [-0.3, -0.25) is 4.79 Å². The summed E-state index contributed by atoms with van der Waals surface area (Å²) >= 11 is 4.02. The second-order valence-corrected chi connectivity index (χ2v) is 11.9. The first-order chi connectivity index (χ1) is 14.1. The molecule has 3 nitrogen and oxygen atoms in total. The Bertz CT molecular complexity index is 820. The van der Waals surface area contributed by atoms with Gasteiger partial charge in [0, 0.05) is 42.6 Å². The summed E-state index contributed by atoms with van der Waals surface area (Å²) < 4.78 is 39.3. The molecule has 2 unspecified atom stereocenters. The fourth-order valence-corrected chi connectivity index (χ4v) is 8.58. The van der Waals surface area contributed by atoms with Crippen LogP contribution in [0.3, 0.4) is 0 Å². The Balaban J connectivity index is 1.21. The number of hydrogen-bond donors (Lipinski definition) is 0.